The molecular formula is C15H24N2O3. The fourth-order valence-electron chi connectivity index (χ4n) is 2.95. The number of carbonyl (C=O) groups excluding carboxylic acids is 1. The maximum absolute atomic E-state index is 11.9. The zero-order valence-electron chi connectivity index (χ0n) is 12.3. The van der Waals surface area contributed by atoms with Crippen molar-refractivity contribution in [3.63, 3.8) is 0 Å². The molecule has 0 aromatic carbocycles. The van der Waals surface area contributed by atoms with Crippen molar-refractivity contribution in [3.05, 3.63) is 0 Å². The van der Waals surface area contributed by atoms with Gasteiger partial charge in [-0.05, 0) is 24.2 Å². The highest BCUT2D eigenvalue weighted by Crippen LogP contribution is 2.45. The molecule has 0 radical (unpaired) electrons. The molecule has 4 atom stereocenters. The van der Waals surface area contributed by atoms with Crippen molar-refractivity contribution in [2.24, 2.45) is 23.0 Å². The van der Waals surface area contributed by atoms with E-state index in [0.29, 0.717) is 12.8 Å². The van der Waals surface area contributed by atoms with Gasteiger partial charge in [-0.25, -0.2) is 0 Å². The smallest absolute Gasteiger partial charge is 0.307 e. The van der Waals surface area contributed by atoms with Crippen LogP contribution in [0.2, 0.25) is 0 Å². The quantitative estimate of drug-likeness (QED) is 0.669. The molecule has 20 heavy (non-hydrogen) atoms. The van der Waals surface area contributed by atoms with Gasteiger partial charge < -0.3 is 16.2 Å². The van der Waals surface area contributed by atoms with Crippen molar-refractivity contribution in [3.8, 4) is 12.3 Å². The molecule has 0 bridgehead atoms. The first-order chi connectivity index (χ1) is 9.21. The van der Waals surface area contributed by atoms with Crippen LogP contribution >= 0.6 is 0 Å². The summed E-state index contributed by atoms with van der Waals surface area (Å²) in [5, 5.41) is 12.2. The summed E-state index contributed by atoms with van der Waals surface area (Å²) < 4.78 is 0. The van der Waals surface area contributed by atoms with Crippen LogP contribution in [-0.4, -0.2) is 29.1 Å². The number of rotatable bonds is 4. The normalized spacial score (nSPS) is 30.1. The van der Waals surface area contributed by atoms with Gasteiger partial charge >= 0.3 is 5.97 Å². The minimum atomic E-state index is -0.768. The number of hydrogen-bond acceptors (Lipinski definition) is 3. The minimum absolute atomic E-state index is 0.0549. The molecule has 0 heterocycles. The SMILES string of the molecule is C#CCC(N)C(=O)NC1CCC(C(=O)O)C(C)(C)C1C. The summed E-state index contributed by atoms with van der Waals surface area (Å²) in [6.45, 7) is 5.86. The molecule has 4 N–H and O–H groups in total. The zero-order valence-corrected chi connectivity index (χ0v) is 12.3. The van der Waals surface area contributed by atoms with Crippen LogP contribution in [-0.2, 0) is 9.59 Å². The van der Waals surface area contributed by atoms with Gasteiger partial charge in [-0.1, -0.05) is 20.8 Å². The third-order valence-electron chi connectivity index (χ3n) is 4.74. The van der Waals surface area contributed by atoms with Crippen LogP contribution in [0.4, 0.5) is 0 Å². The summed E-state index contributed by atoms with van der Waals surface area (Å²) in [5.74, 6) is 1.01. The minimum Gasteiger partial charge on any atom is -0.481 e. The summed E-state index contributed by atoms with van der Waals surface area (Å²) in [4.78, 5) is 23.2. The topological polar surface area (TPSA) is 92.4 Å². The Hall–Kier alpha value is -1.54. The Morgan fingerprint density at radius 3 is 2.60 bits per heavy atom. The predicted octanol–water partition coefficient (Wildman–Crippen LogP) is 0.979. The van der Waals surface area contributed by atoms with E-state index in [4.69, 9.17) is 12.2 Å². The number of carboxylic acids is 1. The van der Waals surface area contributed by atoms with Crippen molar-refractivity contribution in [2.45, 2.75) is 52.1 Å². The van der Waals surface area contributed by atoms with Crippen molar-refractivity contribution >= 4 is 11.9 Å². The molecule has 0 saturated heterocycles. The van der Waals surface area contributed by atoms with Gasteiger partial charge in [0.25, 0.3) is 0 Å². The summed E-state index contributed by atoms with van der Waals surface area (Å²) in [7, 11) is 0. The average molecular weight is 280 g/mol. The van der Waals surface area contributed by atoms with Crippen LogP contribution < -0.4 is 11.1 Å². The fraction of sp³-hybridized carbons (Fsp3) is 0.733. The zero-order chi connectivity index (χ0) is 15.5. The number of hydrogen-bond donors (Lipinski definition) is 3. The van der Waals surface area contributed by atoms with Crippen LogP contribution in [0.25, 0.3) is 0 Å². The van der Waals surface area contributed by atoms with E-state index < -0.39 is 12.0 Å². The molecule has 0 spiro atoms. The molecule has 0 aromatic heterocycles. The Balaban J connectivity index is 2.74. The van der Waals surface area contributed by atoms with Crippen molar-refractivity contribution in [1.82, 2.24) is 5.32 Å². The first-order valence-corrected chi connectivity index (χ1v) is 6.94. The first kappa shape index (κ1) is 16.5. The van der Waals surface area contributed by atoms with E-state index in [-0.39, 0.29) is 35.6 Å². The third kappa shape index (κ3) is 3.31. The number of carboxylic acid groups (broad SMARTS) is 1. The summed E-state index contributed by atoms with van der Waals surface area (Å²) in [6, 6.07) is -0.760. The summed E-state index contributed by atoms with van der Waals surface area (Å²) in [5.41, 5.74) is 5.31. The number of nitrogens with two attached hydrogens (primary N) is 1. The summed E-state index contributed by atoms with van der Waals surface area (Å²) >= 11 is 0. The molecule has 5 nitrogen and oxygen atoms in total. The number of amides is 1. The Morgan fingerprint density at radius 1 is 1.50 bits per heavy atom. The average Bonchev–Trinajstić information content (AvgIpc) is 2.34. The lowest BCUT2D eigenvalue weighted by atomic mass is 9.61. The molecule has 1 amide bonds. The Bertz CT molecular complexity index is 425. The molecule has 1 saturated carbocycles. The van der Waals surface area contributed by atoms with Gasteiger partial charge in [-0.2, -0.15) is 0 Å². The first-order valence-electron chi connectivity index (χ1n) is 6.94. The van der Waals surface area contributed by atoms with Gasteiger partial charge in [0.05, 0.1) is 12.0 Å². The van der Waals surface area contributed by atoms with Crippen LogP contribution in [0.15, 0.2) is 0 Å². The van der Waals surface area contributed by atoms with E-state index in [1.807, 2.05) is 20.8 Å². The molecule has 0 aromatic rings. The van der Waals surface area contributed by atoms with Gasteiger partial charge in [0.1, 0.15) is 0 Å². The van der Waals surface area contributed by atoms with E-state index in [2.05, 4.69) is 11.2 Å². The molecule has 0 aliphatic heterocycles. The lowest BCUT2D eigenvalue weighted by Gasteiger charge is -2.46. The van der Waals surface area contributed by atoms with Gasteiger partial charge in [0.15, 0.2) is 0 Å². The van der Waals surface area contributed by atoms with Gasteiger partial charge in [0.2, 0.25) is 5.91 Å². The molecule has 1 aliphatic carbocycles. The number of aliphatic carboxylic acids is 1. The lowest BCUT2D eigenvalue weighted by molar-refractivity contribution is -0.150. The Morgan fingerprint density at radius 2 is 2.10 bits per heavy atom. The molecule has 4 unspecified atom stereocenters. The highest BCUT2D eigenvalue weighted by Gasteiger charge is 2.46. The monoisotopic (exact) mass is 280 g/mol. The van der Waals surface area contributed by atoms with Gasteiger partial charge in [-0.3, -0.25) is 9.59 Å². The van der Waals surface area contributed by atoms with E-state index in [0.717, 1.165) is 0 Å². The Kier molecular flexibility index (Phi) is 5.18. The molecule has 1 rings (SSSR count). The second-order valence-corrected chi connectivity index (χ2v) is 6.21. The number of carbonyl (C=O) groups is 2. The highest BCUT2D eigenvalue weighted by atomic mass is 16.4. The third-order valence-corrected chi connectivity index (χ3v) is 4.74. The molecule has 1 aliphatic rings. The van der Waals surface area contributed by atoms with Crippen molar-refractivity contribution in [2.75, 3.05) is 0 Å². The highest BCUT2D eigenvalue weighted by molar-refractivity contribution is 5.82. The molecule has 1 fully saturated rings. The second-order valence-electron chi connectivity index (χ2n) is 6.21. The van der Waals surface area contributed by atoms with Gasteiger partial charge in [0, 0.05) is 12.5 Å². The predicted molar refractivity (Wildman–Crippen MR) is 76.7 cm³/mol. The van der Waals surface area contributed by atoms with E-state index in [1.54, 1.807) is 0 Å². The van der Waals surface area contributed by atoms with Crippen molar-refractivity contribution < 1.29 is 14.7 Å². The van der Waals surface area contributed by atoms with E-state index in [9.17, 15) is 14.7 Å². The Labute approximate surface area is 120 Å². The lowest BCUT2D eigenvalue weighted by Crippen LogP contribution is -2.55. The van der Waals surface area contributed by atoms with E-state index in [1.165, 1.54) is 0 Å². The van der Waals surface area contributed by atoms with Gasteiger partial charge in [-0.15, -0.1) is 12.3 Å². The van der Waals surface area contributed by atoms with Crippen LogP contribution in [0, 0.1) is 29.6 Å². The largest absolute Gasteiger partial charge is 0.481 e. The number of nitrogens with one attached hydrogen (secondary N) is 1. The fourth-order valence-corrected chi connectivity index (χ4v) is 2.95. The van der Waals surface area contributed by atoms with Crippen LogP contribution in [0.3, 0.4) is 0 Å². The molecular weight excluding hydrogens is 256 g/mol. The second kappa shape index (κ2) is 6.27. The maximum atomic E-state index is 11.9. The summed E-state index contributed by atoms with van der Waals surface area (Å²) in [6.07, 6.45) is 6.56. The molecule has 5 heteroatoms. The van der Waals surface area contributed by atoms with Crippen molar-refractivity contribution in [1.29, 1.82) is 0 Å². The number of terminal acetylenes is 1. The maximum Gasteiger partial charge on any atom is 0.307 e. The van der Waals surface area contributed by atoms with E-state index >= 15 is 0 Å². The van der Waals surface area contributed by atoms with Crippen LogP contribution in [0.5, 0.6) is 0 Å². The standard InChI is InChI=1S/C15H24N2O3/c1-5-6-11(16)13(18)17-12-8-7-10(14(19)20)15(3,4)9(12)2/h1,9-12H,6-8,16H2,2-4H3,(H,17,18)(H,19,20). The molecule has 112 valence electrons. The van der Waals surface area contributed by atoms with Crippen LogP contribution in [0.1, 0.15) is 40.0 Å².